The summed E-state index contributed by atoms with van der Waals surface area (Å²) in [5.74, 6) is 1.90. The Morgan fingerprint density at radius 3 is 1.00 bits per heavy atom. The Balaban J connectivity index is 1.28. The van der Waals surface area contributed by atoms with Crippen LogP contribution in [0.2, 0.25) is 0 Å². The van der Waals surface area contributed by atoms with E-state index in [1.807, 2.05) is 24.3 Å². The van der Waals surface area contributed by atoms with Gasteiger partial charge in [0.25, 0.3) is 0 Å². The number of aromatic nitrogens is 3. The zero-order chi connectivity index (χ0) is 32.1. The van der Waals surface area contributed by atoms with Gasteiger partial charge in [0, 0.05) is 16.7 Å². The smallest absolute Gasteiger partial charge is 0.164 e. The van der Waals surface area contributed by atoms with Crippen LogP contribution in [-0.2, 0) is 0 Å². The zero-order valence-corrected chi connectivity index (χ0v) is 26.2. The van der Waals surface area contributed by atoms with E-state index < -0.39 is 0 Å². The lowest BCUT2D eigenvalue weighted by molar-refractivity contribution is 1.07. The maximum absolute atomic E-state index is 5.14. The predicted octanol–water partition coefficient (Wildman–Crippen LogP) is 11.5. The van der Waals surface area contributed by atoms with Crippen LogP contribution in [0.25, 0.3) is 78.7 Å². The molecule has 3 nitrogen and oxygen atoms in total. The van der Waals surface area contributed by atoms with Crippen LogP contribution in [0.3, 0.4) is 0 Å². The van der Waals surface area contributed by atoms with E-state index in [0.29, 0.717) is 17.5 Å². The molecule has 0 saturated carbocycles. The predicted molar refractivity (Wildman–Crippen MR) is 198 cm³/mol. The summed E-state index contributed by atoms with van der Waals surface area (Å²) in [5, 5.41) is 0. The van der Waals surface area contributed by atoms with Gasteiger partial charge in [-0.1, -0.05) is 170 Å². The monoisotopic (exact) mass is 613 g/mol. The molecule has 226 valence electrons. The van der Waals surface area contributed by atoms with Gasteiger partial charge in [-0.3, -0.25) is 0 Å². The van der Waals surface area contributed by atoms with E-state index in [9.17, 15) is 0 Å². The molecule has 0 aliphatic carbocycles. The van der Waals surface area contributed by atoms with Crippen molar-refractivity contribution in [2.45, 2.75) is 0 Å². The maximum Gasteiger partial charge on any atom is 0.164 e. The first kappa shape index (κ1) is 29.0. The fourth-order valence-corrected chi connectivity index (χ4v) is 6.12. The molecule has 0 saturated heterocycles. The highest BCUT2D eigenvalue weighted by Gasteiger charge is 2.16. The van der Waals surface area contributed by atoms with Crippen LogP contribution in [0, 0.1) is 0 Å². The fraction of sp³-hybridized carbons (Fsp3) is 0. The molecule has 0 spiro atoms. The van der Waals surface area contributed by atoms with E-state index in [-0.39, 0.29) is 0 Å². The van der Waals surface area contributed by atoms with Crippen molar-refractivity contribution in [1.29, 1.82) is 0 Å². The molecule has 0 radical (unpaired) electrons. The van der Waals surface area contributed by atoms with E-state index in [0.717, 1.165) is 50.1 Å². The van der Waals surface area contributed by atoms with Gasteiger partial charge in [-0.2, -0.15) is 0 Å². The quantitative estimate of drug-likeness (QED) is 0.179. The minimum Gasteiger partial charge on any atom is -0.208 e. The minimum atomic E-state index is 0.629. The summed E-state index contributed by atoms with van der Waals surface area (Å²) >= 11 is 0. The van der Waals surface area contributed by atoms with Crippen LogP contribution < -0.4 is 0 Å². The summed E-state index contributed by atoms with van der Waals surface area (Å²) in [6.45, 7) is 0. The third-order valence-corrected chi connectivity index (χ3v) is 8.54. The lowest BCUT2D eigenvalue weighted by Crippen LogP contribution is -2.01. The molecule has 1 heterocycles. The average molecular weight is 614 g/mol. The Morgan fingerprint density at radius 1 is 0.208 bits per heavy atom. The lowest BCUT2D eigenvalue weighted by Gasteiger charge is -2.13. The summed E-state index contributed by atoms with van der Waals surface area (Å²) in [4.78, 5) is 15.4. The van der Waals surface area contributed by atoms with Crippen LogP contribution in [-0.4, -0.2) is 15.0 Å². The Kier molecular flexibility index (Phi) is 7.92. The largest absolute Gasteiger partial charge is 0.208 e. The van der Waals surface area contributed by atoms with E-state index in [2.05, 4.69) is 164 Å². The third-order valence-electron chi connectivity index (χ3n) is 8.54. The molecule has 1 aromatic heterocycles. The zero-order valence-electron chi connectivity index (χ0n) is 26.2. The molecule has 0 amide bonds. The molecule has 0 atom stereocenters. The van der Waals surface area contributed by atoms with Gasteiger partial charge >= 0.3 is 0 Å². The van der Waals surface area contributed by atoms with E-state index in [4.69, 9.17) is 15.0 Å². The summed E-state index contributed by atoms with van der Waals surface area (Å²) in [6.07, 6.45) is 0. The van der Waals surface area contributed by atoms with Gasteiger partial charge in [-0.05, 0) is 62.7 Å². The van der Waals surface area contributed by atoms with Crippen molar-refractivity contribution in [2.75, 3.05) is 0 Å². The molecule has 8 rings (SSSR count). The van der Waals surface area contributed by atoms with Crippen LogP contribution in [0.1, 0.15) is 0 Å². The number of hydrogen-bond acceptors (Lipinski definition) is 3. The van der Waals surface area contributed by atoms with Crippen LogP contribution in [0.5, 0.6) is 0 Å². The second kappa shape index (κ2) is 13.1. The highest BCUT2D eigenvalue weighted by Crippen LogP contribution is 2.34. The van der Waals surface area contributed by atoms with E-state index in [1.165, 1.54) is 11.1 Å². The van der Waals surface area contributed by atoms with Crippen molar-refractivity contribution in [1.82, 2.24) is 15.0 Å². The van der Waals surface area contributed by atoms with Crippen molar-refractivity contribution in [2.24, 2.45) is 0 Å². The van der Waals surface area contributed by atoms with Gasteiger partial charge in [0.05, 0.1) is 0 Å². The molecule has 8 aromatic rings. The minimum absolute atomic E-state index is 0.629. The van der Waals surface area contributed by atoms with Crippen molar-refractivity contribution >= 4 is 0 Å². The molecular formula is C45H31N3. The Bertz CT molecular complexity index is 2330. The first-order valence-corrected chi connectivity index (χ1v) is 16.1. The lowest BCUT2D eigenvalue weighted by atomic mass is 9.97. The summed E-state index contributed by atoms with van der Waals surface area (Å²) < 4.78 is 0. The standard InChI is InChI=1S/C45H31N3/c1-4-15-32(16-5-1)35-21-12-23-37(29-35)38-24-14-26-40(31-38)44-46-43(39-25-13-22-36(30-39)33-17-6-2-7-18-33)47-45(48-44)42-28-11-10-27-41(42)34-19-8-3-9-20-34/h1-31H. The summed E-state index contributed by atoms with van der Waals surface area (Å²) in [6, 6.07) is 65.2. The van der Waals surface area contributed by atoms with Gasteiger partial charge in [0.15, 0.2) is 17.5 Å². The first-order chi connectivity index (χ1) is 23.8. The second-order valence-corrected chi connectivity index (χ2v) is 11.7. The van der Waals surface area contributed by atoms with Crippen molar-refractivity contribution in [3.05, 3.63) is 188 Å². The maximum atomic E-state index is 5.14. The molecular weight excluding hydrogens is 583 g/mol. The molecule has 0 aliphatic heterocycles. The van der Waals surface area contributed by atoms with Crippen LogP contribution >= 0.6 is 0 Å². The van der Waals surface area contributed by atoms with Gasteiger partial charge in [0.2, 0.25) is 0 Å². The highest BCUT2D eigenvalue weighted by atomic mass is 15.0. The van der Waals surface area contributed by atoms with Gasteiger partial charge < -0.3 is 0 Å². The fourth-order valence-electron chi connectivity index (χ4n) is 6.12. The molecule has 3 heteroatoms. The SMILES string of the molecule is c1ccc(-c2cccc(-c3cccc(-c4nc(-c5cccc(-c6ccccc6)c5)nc(-c5ccccc5-c5ccccc5)n4)c3)c2)cc1. The molecule has 0 bridgehead atoms. The van der Waals surface area contributed by atoms with Gasteiger partial charge in [-0.15, -0.1) is 0 Å². The van der Waals surface area contributed by atoms with Crippen molar-refractivity contribution < 1.29 is 0 Å². The number of nitrogens with zero attached hydrogens (tertiary/aromatic N) is 3. The Hall–Kier alpha value is -6.45. The number of hydrogen-bond donors (Lipinski definition) is 0. The summed E-state index contributed by atoms with van der Waals surface area (Å²) in [7, 11) is 0. The Labute approximate surface area is 280 Å². The molecule has 48 heavy (non-hydrogen) atoms. The second-order valence-electron chi connectivity index (χ2n) is 11.7. The molecule has 0 unspecified atom stereocenters. The highest BCUT2D eigenvalue weighted by molar-refractivity contribution is 5.82. The number of benzene rings is 7. The number of rotatable bonds is 7. The average Bonchev–Trinajstić information content (AvgIpc) is 3.19. The Morgan fingerprint density at radius 2 is 0.521 bits per heavy atom. The van der Waals surface area contributed by atoms with Crippen molar-refractivity contribution in [3.63, 3.8) is 0 Å². The third kappa shape index (κ3) is 6.05. The van der Waals surface area contributed by atoms with Crippen molar-refractivity contribution in [3.8, 4) is 78.7 Å². The molecule has 0 N–H and O–H groups in total. The van der Waals surface area contributed by atoms with E-state index in [1.54, 1.807) is 0 Å². The molecule has 7 aromatic carbocycles. The van der Waals surface area contributed by atoms with Crippen LogP contribution in [0.4, 0.5) is 0 Å². The summed E-state index contributed by atoms with van der Waals surface area (Å²) in [5.41, 5.74) is 11.9. The first-order valence-electron chi connectivity index (χ1n) is 16.1. The van der Waals surface area contributed by atoms with Gasteiger partial charge in [-0.25, -0.2) is 15.0 Å². The van der Waals surface area contributed by atoms with E-state index >= 15 is 0 Å². The molecule has 0 fully saturated rings. The topological polar surface area (TPSA) is 38.7 Å². The molecule has 0 aliphatic rings. The normalized spacial score (nSPS) is 10.9. The van der Waals surface area contributed by atoms with Gasteiger partial charge in [0.1, 0.15) is 0 Å². The van der Waals surface area contributed by atoms with Crippen LogP contribution in [0.15, 0.2) is 188 Å².